The Hall–Kier alpha value is -3.34. The average Bonchev–Trinajstić information content (AvgIpc) is 3.42. The maximum Gasteiger partial charge on any atom is 0.416 e. The minimum Gasteiger partial charge on any atom is -0.321 e. The SMILES string of the molecule is Cn1cnnc1C[C@@](F)(CF)Cc1cccc(N2Cc3c(cc(CNC4(C)CCC4)cc3C(F)(F)F)C2=O)c1. The van der Waals surface area contributed by atoms with Gasteiger partial charge in [0, 0.05) is 43.2 Å². The molecule has 3 aromatic rings. The Morgan fingerprint density at radius 3 is 2.46 bits per heavy atom. The van der Waals surface area contributed by atoms with Gasteiger partial charge in [-0.3, -0.25) is 4.79 Å². The third-order valence-corrected chi connectivity index (χ3v) is 7.85. The van der Waals surface area contributed by atoms with Crippen molar-refractivity contribution in [2.75, 3.05) is 11.6 Å². The number of anilines is 1. The van der Waals surface area contributed by atoms with Gasteiger partial charge in [-0.1, -0.05) is 12.1 Å². The summed E-state index contributed by atoms with van der Waals surface area (Å²) in [5, 5.41) is 10.9. The van der Waals surface area contributed by atoms with E-state index in [1.807, 2.05) is 6.92 Å². The number of rotatable bonds is 9. The fourth-order valence-corrected chi connectivity index (χ4v) is 5.34. The standard InChI is InChI=1S/C28H30F5N5O/c1-26(7-4-8-26)34-14-19-10-21-22(23(11-19)28(31,32)33)15-38(25(21)39)20-6-3-5-18(9-20)12-27(30,16-29)13-24-36-35-17-37(24)2/h3,5-6,9-11,17,34H,4,7-8,12-16H2,1-2H3/t27-/m1/s1. The zero-order valence-corrected chi connectivity index (χ0v) is 21.8. The summed E-state index contributed by atoms with van der Waals surface area (Å²) < 4.78 is 73.0. The topological polar surface area (TPSA) is 63.1 Å². The monoisotopic (exact) mass is 547 g/mol. The zero-order chi connectivity index (χ0) is 28.0. The van der Waals surface area contributed by atoms with Crippen molar-refractivity contribution in [3.8, 4) is 0 Å². The second-order valence-electron chi connectivity index (χ2n) is 11.0. The second kappa shape index (κ2) is 10.0. The number of amides is 1. The predicted octanol–water partition coefficient (Wildman–Crippen LogP) is 5.49. The van der Waals surface area contributed by atoms with E-state index in [0.29, 0.717) is 16.8 Å². The number of alkyl halides is 5. The number of halogens is 5. The molecule has 11 heteroatoms. The average molecular weight is 548 g/mol. The van der Waals surface area contributed by atoms with Crippen LogP contribution in [0.2, 0.25) is 0 Å². The molecule has 0 radical (unpaired) electrons. The molecule has 39 heavy (non-hydrogen) atoms. The first-order valence-corrected chi connectivity index (χ1v) is 12.9. The highest BCUT2D eigenvalue weighted by molar-refractivity contribution is 6.10. The van der Waals surface area contributed by atoms with Crippen molar-refractivity contribution in [3.05, 3.63) is 76.4 Å². The molecule has 2 aliphatic rings. The molecule has 1 N–H and O–H groups in total. The van der Waals surface area contributed by atoms with Crippen LogP contribution < -0.4 is 10.2 Å². The van der Waals surface area contributed by atoms with Gasteiger partial charge in [-0.05, 0) is 67.1 Å². The van der Waals surface area contributed by atoms with E-state index >= 15 is 4.39 Å². The maximum atomic E-state index is 15.5. The minimum atomic E-state index is -4.63. The summed E-state index contributed by atoms with van der Waals surface area (Å²) in [5.41, 5.74) is -2.14. The number of aryl methyl sites for hydroxylation is 1. The van der Waals surface area contributed by atoms with Crippen molar-refractivity contribution < 1.29 is 26.7 Å². The molecule has 1 amide bonds. The number of hydrogen-bond donors (Lipinski definition) is 1. The van der Waals surface area contributed by atoms with Crippen LogP contribution in [0.5, 0.6) is 0 Å². The molecule has 0 unspecified atom stereocenters. The second-order valence-corrected chi connectivity index (χ2v) is 11.0. The van der Waals surface area contributed by atoms with E-state index in [9.17, 15) is 22.4 Å². The molecule has 2 aromatic carbocycles. The molecule has 1 fully saturated rings. The van der Waals surface area contributed by atoms with Crippen LogP contribution in [0.4, 0.5) is 27.6 Å². The van der Waals surface area contributed by atoms with Crippen molar-refractivity contribution in [2.45, 2.75) is 69.5 Å². The van der Waals surface area contributed by atoms with E-state index < -0.39 is 30.0 Å². The van der Waals surface area contributed by atoms with E-state index in [0.717, 1.165) is 25.3 Å². The molecule has 0 bridgehead atoms. The van der Waals surface area contributed by atoms with Crippen LogP contribution >= 0.6 is 0 Å². The lowest BCUT2D eigenvalue weighted by molar-refractivity contribution is -0.138. The van der Waals surface area contributed by atoms with Crippen molar-refractivity contribution in [1.29, 1.82) is 0 Å². The van der Waals surface area contributed by atoms with E-state index in [4.69, 9.17) is 0 Å². The van der Waals surface area contributed by atoms with Crippen LogP contribution in [0, 0.1) is 0 Å². The summed E-state index contributed by atoms with van der Waals surface area (Å²) in [5.74, 6) is -0.270. The Kier molecular flexibility index (Phi) is 6.98. The van der Waals surface area contributed by atoms with Crippen LogP contribution in [0.1, 0.15) is 64.6 Å². The summed E-state index contributed by atoms with van der Waals surface area (Å²) in [6.07, 6.45) is -0.862. The van der Waals surface area contributed by atoms with Gasteiger partial charge in [0.1, 0.15) is 24.5 Å². The van der Waals surface area contributed by atoms with Crippen molar-refractivity contribution >= 4 is 11.6 Å². The molecule has 208 valence electrons. The number of hydrogen-bond acceptors (Lipinski definition) is 4. The normalized spacial score (nSPS) is 18.1. The fraction of sp³-hybridized carbons (Fsp3) is 0.464. The molecule has 0 spiro atoms. The summed E-state index contributed by atoms with van der Waals surface area (Å²) in [6.45, 7) is 0.739. The lowest BCUT2D eigenvalue weighted by Crippen LogP contribution is -2.47. The largest absolute Gasteiger partial charge is 0.416 e. The highest BCUT2D eigenvalue weighted by Crippen LogP contribution is 2.40. The Balaban J connectivity index is 1.40. The first kappa shape index (κ1) is 27.2. The summed E-state index contributed by atoms with van der Waals surface area (Å²) in [7, 11) is 1.63. The van der Waals surface area contributed by atoms with Gasteiger partial charge in [0.05, 0.1) is 12.1 Å². The molecule has 2 heterocycles. The maximum absolute atomic E-state index is 15.5. The van der Waals surface area contributed by atoms with E-state index in [1.165, 1.54) is 27.9 Å². The number of carbonyl (C=O) groups excluding carboxylic acids is 1. The van der Waals surface area contributed by atoms with Crippen LogP contribution in [0.3, 0.4) is 0 Å². The third-order valence-electron chi connectivity index (χ3n) is 7.85. The quantitative estimate of drug-likeness (QED) is 0.360. The number of nitrogens with zero attached hydrogens (tertiary/aromatic N) is 4. The molecule has 1 saturated carbocycles. The lowest BCUT2D eigenvalue weighted by atomic mass is 9.78. The summed E-state index contributed by atoms with van der Waals surface area (Å²) in [6, 6.07) is 8.94. The fourth-order valence-electron chi connectivity index (χ4n) is 5.34. The number of fused-ring (bicyclic) bond motifs is 1. The Morgan fingerprint density at radius 2 is 1.85 bits per heavy atom. The smallest absolute Gasteiger partial charge is 0.321 e. The summed E-state index contributed by atoms with van der Waals surface area (Å²) in [4.78, 5) is 14.6. The molecule has 5 rings (SSSR count). The number of carbonyl (C=O) groups is 1. The van der Waals surface area contributed by atoms with Crippen LogP contribution in [0.25, 0.3) is 0 Å². The zero-order valence-electron chi connectivity index (χ0n) is 21.8. The molecule has 1 aliphatic carbocycles. The molecular weight excluding hydrogens is 517 g/mol. The van der Waals surface area contributed by atoms with Gasteiger partial charge in [-0.25, -0.2) is 8.78 Å². The van der Waals surface area contributed by atoms with Crippen LogP contribution in [-0.2, 0) is 39.2 Å². The van der Waals surface area contributed by atoms with Gasteiger partial charge in [-0.2, -0.15) is 13.2 Å². The van der Waals surface area contributed by atoms with Crippen molar-refractivity contribution in [1.82, 2.24) is 20.1 Å². The number of nitrogens with one attached hydrogen (secondary N) is 1. The van der Waals surface area contributed by atoms with Gasteiger partial charge in [0.2, 0.25) is 0 Å². The Morgan fingerprint density at radius 1 is 1.08 bits per heavy atom. The van der Waals surface area contributed by atoms with E-state index in [1.54, 1.807) is 25.2 Å². The van der Waals surface area contributed by atoms with Crippen molar-refractivity contribution in [2.24, 2.45) is 7.05 Å². The Bertz CT molecular complexity index is 1380. The number of aromatic nitrogens is 3. The molecular formula is C28H30F5N5O. The highest BCUT2D eigenvalue weighted by Gasteiger charge is 2.41. The van der Waals surface area contributed by atoms with Crippen molar-refractivity contribution in [3.63, 3.8) is 0 Å². The molecule has 1 aliphatic heterocycles. The molecule has 6 nitrogen and oxygen atoms in total. The Labute approximate surface area is 223 Å². The molecule has 0 saturated heterocycles. The van der Waals surface area contributed by atoms with Gasteiger partial charge in [0.15, 0.2) is 0 Å². The van der Waals surface area contributed by atoms with Gasteiger partial charge >= 0.3 is 6.18 Å². The van der Waals surface area contributed by atoms with Gasteiger partial charge in [-0.15, -0.1) is 10.2 Å². The molecule has 1 aromatic heterocycles. The van der Waals surface area contributed by atoms with E-state index in [-0.39, 0.29) is 48.4 Å². The lowest BCUT2D eigenvalue weighted by Gasteiger charge is -2.39. The first-order valence-electron chi connectivity index (χ1n) is 12.9. The number of benzene rings is 2. The molecule has 1 atom stereocenters. The van der Waals surface area contributed by atoms with Crippen LogP contribution in [0.15, 0.2) is 42.7 Å². The van der Waals surface area contributed by atoms with Crippen LogP contribution in [-0.4, -0.2) is 38.6 Å². The predicted molar refractivity (Wildman–Crippen MR) is 136 cm³/mol. The highest BCUT2D eigenvalue weighted by atomic mass is 19.4. The van der Waals surface area contributed by atoms with Gasteiger partial charge in [0.25, 0.3) is 5.91 Å². The third kappa shape index (κ3) is 5.54. The first-order chi connectivity index (χ1) is 18.4. The summed E-state index contributed by atoms with van der Waals surface area (Å²) >= 11 is 0. The van der Waals surface area contributed by atoms with Gasteiger partial charge < -0.3 is 14.8 Å². The minimum absolute atomic E-state index is 0.0108. The van der Waals surface area contributed by atoms with E-state index in [2.05, 4.69) is 15.5 Å².